The van der Waals surface area contributed by atoms with Gasteiger partial charge in [0.15, 0.2) is 0 Å². The number of hydrogen-bond donors (Lipinski definition) is 1. The zero-order chi connectivity index (χ0) is 26.5. The van der Waals surface area contributed by atoms with Crippen LogP contribution in [0.25, 0.3) is 0 Å². The van der Waals surface area contributed by atoms with Crippen molar-refractivity contribution in [3.63, 3.8) is 0 Å². The topological polar surface area (TPSA) is 97.4 Å². The number of benzene rings is 3. The number of ether oxygens (including phenoxy) is 3. The monoisotopic (exact) mass is 523 g/mol. The first-order valence-electron chi connectivity index (χ1n) is 11.4. The summed E-state index contributed by atoms with van der Waals surface area (Å²) in [5, 5.41) is 3.25. The zero-order valence-corrected chi connectivity index (χ0v) is 21.3. The van der Waals surface area contributed by atoms with Crippen LogP contribution in [0.4, 0.5) is 16.2 Å². The number of amides is 4. The molecular formula is C27H26ClN3O6. The predicted molar refractivity (Wildman–Crippen MR) is 139 cm³/mol. The lowest BCUT2D eigenvalue weighted by Crippen LogP contribution is -2.37. The van der Waals surface area contributed by atoms with Gasteiger partial charge in [0.25, 0.3) is 5.91 Å². The van der Waals surface area contributed by atoms with E-state index < -0.39 is 23.9 Å². The molecule has 1 heterocycles. The number of methoxy groups -OCH3 is 3. The van der Waals surface area contributed by atoms with E-state index in [9.17, 15) is 14.4 Å². The molecule has 1 atom stereocenters. The molecule has 0 saturated carbocycles. The van der Waals surface area contributed by atoms with E-state index in [-0.39, 0.29) is 13.0 Å². The second kappa shape index (κ2) is 11.2. The van der Waals surface area contributed by atoms with E-state index in [0.29, 0.717) is 33.6 Å². The molecule has 1 saturated heterocycles. The Kier molecular flexibility index (Phi) is 7.83. The highest BCUT2D eigenvalue weighted by Gasteiger charge is 2.46. The number of carbonyl (C=O) groups is 3. The van der Waals surface area contributed by atoms with Gasteiger partial charge in [-0.15, -0.1) is 0 Å². The molecule has 0 aliphatic carbocycles. The quantitative estimate of drug-likeness (QED) is 0.407. The number of imide groups is 1. The Morgan fingerprint density at radius 2 is 1.54 bits per heavy atom. The molecule has 0 spiro atoms. The highest BCUT2D eigenvalue weighted by Crippen LogP contribution is 2.31. The predicted octanol–water partition coefficient (Wildman–Crippen LogP) is 4.73. The zero-order valence-electron chi connectivity index (χ0n) is 20.6. The highest BCUT2D eigenvalue weighted by molar-refractivity contribution is 6.30. The molecule has 192 valence electrons. The summed E-state index contributed by atoms with van der Waals surface area (Å²) < 4.78 is 15.8. The second-order valence-corrected chi connectivity index (χ2v) is 8.72. The Hall–Kier alpha value is -4.24. The van der Waals surface area contributed by atoms with Gasteiger partial charge in [-0.2, -0.15) is 0 Å². The van der Waals surface area contributed by atoms with Gasteiger partial charge in [0, 0.05) is 35.5 Å². The van der Waals surface area contributed by atoms with Gasteiger partial charge >= 0.3 is 6.03 Å². The van der Waals surface area contributed by atoms with E-state index in [0.717, 1.165) is 10.5 Å². The van der Waals surface area contributed by atoms with Crippen LogP contribution < -0.4 is 24.4 Å². The van der Waals surface area contributed by atoms with Crippen molar-refractivity contribution in [3.8, 4) is 17.2 Å². The normalized spacial score (nSPS) is 15.1. The molecule has 4 amide bonds. The lowest BCUT2D eigenvalue weighted by Gasteiger charge is -2.22. The van der Waals surface area contributed by atoms with Crippen molar-refractivity contribution >= 4 is 40.8 Å². The van der Waals surface area contributed by atoms with Gasteiger partial charge in [-0.1, -0.05) is 23.7 Å². The Morgan fingerprint density at radius 3 is 2.16 bits per heavy atom. The van der Waals surface area contributed by atoms with Crippen molar-refractivity contribution in [3.05, 3.63) is 77.3 Å². The summed E-state index contributed by atoms with van der Waals surface area (Å²) in [5.41, 5.74) is 1.56. The second-order valence-electron chi connectivity index (χ2n) is 8.28. The first kappa shape index (κ1) is 25.8. The number of urea groups is 1. The van der Waals surface area contributed by atoms with Crippen molar-refractivity contribution in [2.24, 2.45) is 0 Å². The first-order chi connectivity index (χ1) is 17.8. The van der Waals surface area contributed by atoms with Gasteiger partial charge in [-0.3, -0.25) is 9.59 Å². The number of halogens is 1. The summed E-state index contributed by atoms with van der Waals surface area (Å²) in [7, 11) is 4.56. The Labute approximate surface area is 219 Å². The van der Waals surface area contributed by atoms with Crippen molar-refractivity contribution in [2.45, 2.75) is 19.0 Å². The number of anilines is 2. The van der Waals surface area contributed by atoms with Crippen LogP contribution in [0.1, 0.15) is 12.0 Å². The molecule has 3 aromatic carbocycles. The van der Waals surface area contributed by atoms with Gasteiger partial charge in [0.05, 0.1) is 33.4 Å². The average Bonchev–Trinajstić information content (AvgIpc) is 3.12. The molecule has 1 fully saturated rings. The van der Waals surface area contributed by atoms with E-state index in [1.807, 2.05) is 6.07 Å². The fourth-order valence-electron chi connectivity index (χ4n) is 4.08. The lowest BCUT2D eigenvalue weighted by molar-refractivity contribution is -0.124. The Morgan fingerprint density at radius 1 is 0.892 bits per heavy atom. The summed E-state index contributed by atoms with van der Waals surface area (Å²) in [6.07, 6.45) is -0.252. The van der Waals surface area contributed by atoms with E-state index >= 15 is 0 Å². The molecule has 3 aromatic rings. The van der Waals surface area contributed by atoms with Gasteiger partial charge in [0.1, 0.15) is 23.3 Å². The fourth-order valence-corrected chi connectivity index (χ4v) is 4.20. The molecule has 0 bridgehead atoms. The summed E-state index contributed by atoms with van der Waals surface area (Å²) in [6.45, 7) is 0.108. The van der Waals surface area contributed by atoms with Crippen LogP contribution in [0.2, 0.25) is 5.02 Å². The Bertz CT molecular complexity index is 1290. The maximum atomic E-state index is 13.5. The minimum absolute atomic E-state index is 0.108. The van der Waals surface area contributed by atoms with E-state index in [1.54, 1.807) is 67.8 Å². The maximum Gasteiger partial charge on any atom is 0.332 e. The maximum absolute atomic E-state index is 13.5. The van der Waals surface area contributed by atoms with E-state index in [1.165, 1.54) is 19.1 Å². The third kappa shape index (κ3) is 5.78. The molecule has 0 unspecified atom stereocenters. The first-order valence-corrected chi connectivity index (χ1v) is 11.8. The smallest absolute Gasteiger partial charge is 0.332 e. The number of carbonyl (C=O) groups excluding carboxylic acids is 3. The molecule has 0 aromatic heterocycles. The van der Waals surface area contributed by atoms with Crippen molar-refractivity contribution in [1.82, 2.24) is 4.90 Å². The van der Waals surface area contributed by atoms with Crippen LogP contribution in [0, 0.1) is 0 Å². The minimum atomic E-state index is -1.03. The number of hydrogen-bond acceptors (Lipinski definition) is 6. The summed E-state index contributed by atoms with van der Waals surface area (Å²) >= 11 is 5.99. The summed E-state index contributed by atoms with van der Waals surface area (Å²) in [5.74, 6) is 0.653. The SMILES string of the molecule is COc1cccc(CN2C(=O)N(c3ccc(Cl)cc3)C(=O)[C@@H]2CC(=O)Nc2cc(OC)cc(OC)c2)c1. The molecule has 4 rings (SSSR count). The molecule has 9 nitrogen and oxygen atoms in total. The van der Waals surface area contributed by atoms with Crippen molar-refractivity contribution in [1.29, 1.82) is 0 Å². The molecule has 37 heavy (non-hydrogen) atoms. The molecule has 0 radical (unpaired) electrons. The van der Waals surface area contributed by atoms with Crippen LogP contribution in [-0.2, 0) is 16.1 Å². The van der Waals surface area contributed by atoms with Crippen molar-refractivity contribution < 1.29 is 28.6 Å². The van der Waals surface area contributed by atoms with Crippen LogP contribution >= 0.6 is 11.6 Å². The van der Waals surface area contributed by atoms with Gasteiger partial charge < -0.3 is 24.4 Å². The Balaban J connectivity index is 1.61. The number of rotatable bonds is 9. The average molecular weight is 524 g/mol. The van der Waals surface area contributed by atoms with Crippen LogP contribution in [0.15, 0.2) is 66.7 Å². The molecule has 1 N–H and O–H groups in total. The van der Waals surface area contributed by atoms with E-state index in [2.05, 4.69) is 5.32 Å². The fraction of sp³-hybridized carbons (Fsp3) is 0.222. The summed E-state index contributed by atoms with van der Waals surface area (Å²) in [4.78, 5) is 42.5. The standard InChI is InChI=1S/C27H26ClN3O6/c1-35-21-6-4-5-17(11-21)16-30-24(26(33)31(27(30)34)20-9-7-18(28)8-10-20)15-25(32)29-19-12-22(36-2)14-23(13-19)37-3/h4-14,24H,15-16H2,1-3H3,(H,29,32)/t24-/m0/s1. The molecule has 1 aliphatic heterocycles. The number of nitrogens with zero attached hydrogens (tertiary/aromatic N) is 2. The lowest BCUT2D eigenvalue weighted by atomic mass is 10.1. The van der Waals surface area contributed by atoms with Gasteiger partial charge in [0.2, 0.25) is 5.91 Å². The largest absolute Gasteiger partial charge is 0.497 e. The van der Waals surface area contributed by atoms with Crippen molar-refractivity contribution in [2.75, 3.05) is 31.5 Å². The van der Waals surface area contributed by atoms with Gasteiger partial charge in [-0.05, 0) is 42.0 Å². The third-order valence-electron chi connectivity index (χ3n) is 5.90. The minimum Gasteiger partial charge on any atom is -0.497 e. The van der Waals surface area contributed by atoms with Gasteiger partial charge in [-0.25, -0.2) is 9.69 Å². The molecule has 1 aliphatic rings. The van der Waals surface area contributed by atoms with Crippen LogP contribution in [-0.4, -0.2) is 50.1 Å². The molecular weight excluding hydrogens is 498 g/mol. The van der Waals surface area contributed by atoms with Crippen LogP contribution in [0.5, 0.6) is 17.2 Å². The molecule has 10 heteroatoms. The third-order valence-corrected chi connectivity index (χ3v) is 6.16. The number of nitrogens with one attached hydrogen (secondary N) is 1. The van der Waals surface area contributed by atoms with E-state index in [4.69, 9.17) is 25.8 Å². The highest BCUT2D eigenvalue weighted by atomic mass is 35.5. The summed E-state index contributed by atoms with van der Waals surface area (Å²) in [6, 6.07) is 16.9. The van der Waals surface area contributed by atoms with Crippen LogP contribution in [0.3, 0.4) is 0 Å².